The number of fused-ring (bicyclic) bond motifs is 2. The van der Waals surface area contributed by atoms with Crippen molar-refractivity contribution in [3.8, 4) is 0 Å². The molecule has 2 unspecified atom stereocenters. The van der Waals surface area contributed by atoms with Crippen LogP contribution >= 0.6 is 12.4 Å². The number of carbonyl (C=O) groups is 1. The minimum atomic E-state index is -0.365. The predicted molar refractivity (Wildman–Crippen MR) is 57.9 cm³/mol. The molecule has 15 heavy (non-hydrogen) atoms. The van der Waals surface area contributed by atoms with Crippen molar-refractivity contribution < 1.29 is 14.6 Å². The third-order valence-corrected chi connectivity index (χ3v) is 3.76. The Labute approximate surface area is 95.8 Å². The summed E-state index contributed by atoms with van der Waals surface area (Å²) < 4.78 is 4.84. The van der Waals surface area contributed by atoms with Gasteiger partial charge in [-0.25, -0.2) is 0 Å². The number of esters is 1. The number of halogens is 1. The Morgan fingerprint density at radius 2 is 2.20 bits per heavy atom. The van der Waals surface area contributed by atoms with Crippen LogP contribution in [0.15, 0.2) is 0 Å². The highest BCUT2D eigenvalue weighted by molar-refractivity contribution is 5.85. The molecule has 1 saturated heterocycles. The lowest BCUT2D eigenvalue weighted by atomic mass is 9.76. The molecule has 5 heteroatoms. The molecule has 1 aliphatic carbocycles. The van der Waals surface area contributed by atoms with E-state index in [1.165, 1.54) is 7.11 Å². The average Bonchev–Trinajstić information content (AvgIpc) is 2.51. The van der Waals surface area contributed by atoms with Gasteiger partial charge >= 0.3 is 5.97 Å². The number of methoxy groups -OCH3 is 1. The number of hydrogen-bond acceptors (Lipinski definition) is 4. The summed E-state index contributed by atoms with van der Waals surface area (Å²) in [6.45, 7) is 1.68. The lowest BCUT2D eigenvalue weighted by molar-refractivity contribution is -0.153. The summed E-state index contributed by atoms with van der Waals surface area (Å²) in [5.41, 5.74) is -0.442. The summed E-state index contributed by atoms with van der Waals surface area (Å²) >= 11 is 0. The Bertz CT molecular complexity index is 261. The maximum atomic E-state index is 11.7. The van der Waals surface area contributed by atoms with Gasteiger partial charge < -0.3 is 15.2 Å². The zero-order valence-electron chi connectivity index (χ0n) is 8.91. The second-order valence-electron chi connectivity index (χ2n) is 4.71. The molecule has 2 rings (SSSR count). The van der Waals surface area contributed by atoms with Gasteiger partial charge in [-0.05, 0) is 19.3 Å². The third-order valence-electron chi connectivity index (χ3n) is 3.76. The minimum absolute atomic E-state index is 0. The molecule has 4 nitrogen and oxygen atoms in total. The van der Waals surface area contributed by atoms with Crippen molar-refractivity contribution in [3.63, 3.8) is 0 Å². The fraction of sp³-hybridized carbons (Fsp3) is 0.900. The average molecular weight is 236 g/mol. The SMILES string of the molecule is COC(=O)C12CCC(CO)(CNC1)C2.Cl. The van der Waals surface area contributed by atoms with Crippen LogP contribution < -0.4 is 5.32 Å². The fourth-order valence-corrected chi connectivity index (χ4v) is 2.92. The smallest absolute Gasteiger partial charge is 0.313 e. The van der Waals surface area contributed by atoms with Crippen molar-refractivity contribution in [1.29, 1.82) is 0 Å². The number of piperidine rings is 1. The molecule has 1 saturated carbocycles. The summed E-state index contributed by atoms with van der Waals surface area (Å²) in [6.07, 6.45) is 2.54. The van der Waals surface area contributed by atoms with Crippen molar-refractivity contribution in [3.05, 3.63) is 0 Å². The summed E-state index contributed by atoms with van der Waals surface area (Å²) in [6, 6.07) is 0. The van der Waals surface area contributed by atoms with E-state index in [9.17, 15) is 9.90 Å². The van der Waals surface area contributed by atoms with Gasteiger partial charge in [0.15, 0.2) is 0 Å². The number of aliphatic hydroxyl groups is 1. The Hall–Kier alpha value is -0.320. The van der Waals surface area contributed by atoms with E-state index < -0.39 is 0 Å². The summed E-state index contributed by atoms with van der Waals surface area (Å²) in [7, 11) is 1.44. The molecular weight excluding hydrogens is 218 g/mol. The monoisotopic (exact) mass is 235 g/mol. The first-order valence-electron chi connectivity index (χ1n) is 5.06. The van der Waals surface area contributed by atoms with E-state index in [1.807, 2.05) is 0 Å². The fourth-order valence-electron chi connectivity index (χ4n) is 2.92. The van der Waals surface area contributed by atoms with Crippen molar-refractivity contribution >= 4 is 18.4 Å². The molecule has 1 heterocycles. The number of rotatable bonds is 2. The van der Waals surface area contributed by atoms with Gasteiger partial charge in [0.25, 0.3) is 0 Å². The number of hydrogen-bond donors (Lipinski definition) is 2. The zero-order valence-corrected chi connectivity index (χ0v) is 9.73. The molecule has 1 aliphatic heterocycles. The number of ether oxygens (including phenoxy) is 1. The normalized spacial score (nSPS) is 38.3. The van der Waals surface area contributed by atoms with E-state index in [1.54, 1.807) is 0 Å². The maximum absolute atomic E-state index is 11.7. The van der Waals surface area contributed by atoms with E-state index in [4.69, 9.17) is 4.74 Å². The Morgan fingerprint density at radius 1 is 1.47 bits per heavy atom. The lowest BCUT2D eigenvalue weighted by Crippen LogP contribution is -2.49. The van der Waals surface area contributed by atoms with Crippen LogP contribution in [0.1, 0.15) is 19.3 Å². The van der Waals surface area contributed by atoms with Gasteiger partial charge in [-0.3, -0.25) is 4.79 Å². The van der Waals surface area contributed by atoms with Gasteiger partial charge in [-0.2, -0.15) is 0 Å². The third kappa shape index (κ3) is 1.86. The van der Waals surface area contributed by atoms with Crippen molar-refractivity contribution in [1.82, 2.24) is 5.32 Å². The molecule has 0 aromatic rings. The second kappa shape index (κ2) is 4.28. The highest BCUT2D eigenvalue weighted by Crippen LogP contribution is 2.51. The van der Waals surface area contributed by atoms with Crippen LogP contribution in [0.25, 0.3) is 0 Å². The molecule has 88 valence electrons. The first kappa shape index (κ1) is 12.7. The van der Waals surface area contributed by atoms with Crippen molar-refractivity contribution in [2.75, 3.05) is 26.8 Å². The maximum Gasteiger partial charge on any atom is 0.313 e. The van der Waals surface area contributed by atoms with Gasteiger partial charge in [0.05, 0.1) is 12.5 Å². The van der Waals surface area contributed by atoms with Crippen LogP contribution in [-0.4, -0.2) is 37.9 Å². The standard InChI is InChI=1S/C10H17NO3.ClH/c1-14-8(13)10-3-2-9(4-10,7-12)5-11-6-10;/h11-12H,2-7H2,1H3;1H. The largest absolute Gasteiger partial charge is 0.469 e. The number of nitrogens with one attached hydrogen (secondary N) is 1. The van der Waals surface area contributed by atoms with Crippen LogP contribution in [0.3, 0.4) is 0 Å². The van der Waals surface area contributed by atoms with E-state index in [0.717, 1.165) is 25.8 Å². The molecule has 2 fully saturated rings. The van der Waals surface area contributed by atoms with Crippen LogP contribution in [0, 0.1) is 10.8 Å². The summed E-state index contributed by atoms with van der Waals surface area (Å²) in [4.78, 5) is 11.7. The minimum Gasteiger partial charge on any atom is -0.469 e. The van der Waals surface area contributed by atoms with E-state index in [-0.39, 0.29) is 35.8 Å². The van der Waals surface area contributed by atoms with Gasteiger partial charge in [0.2, 0.25) is 0 Å². The Balaban J connectivity index is 0.00000112. The molecule has 0 spiro atoms. The van der Waals surface area contributed by atoms with E-state index in [0.29, 0.717) is 6.54 Å². The zero-order chi connectivity index (χ0) is 10.2. The molecule has 0 amide bonds. The highest BCUT2D eigenvalue weighted by atomic mass is 35.5. The number of aliphatic hydroxyl groups excluding tert-OH is 1. The Morgan fingerprint density at radius 3 is 2.80 bits per heavy atom. The van der Waals surface area contributed by atoms with Crippen LogP contribution in [-0.2, 0) is 9.53 Å². The first-order chi connectivity index (χ1) is 6.66. The van der Waals surface area contributed by atoms with Gasteiger partial charge in [-0.1, -0.05) is 0 Å². The van der Waals surface area contributed by atoms with Crippen LogP contribution in [0.5, 0.6) is 0 Å². The van der Waals surface area contributed by atoms with E-state index in [2.05, 4.69) is 5.32 Å². The first-order valence-corrected chi connectivity index (χ1v) is 5.06. The topological polar surface area (TPSA) is 58.6 Å². The molecule has 0 aromatic heterocycles. The Kier molecular flexibility index (Phi) is 3.63. The summed E-state index contributed by atoms with van der Waals surface area (Å²) in [5.74, 6) is -0.125. The van der Waals surface area contributed by atoms with Gasteiger partial charge in [-0.15, -0.1) is 12.4 Å². The van der Waals surface area contributed by atoms with Gasteiger partial charge in [0.1, 0.15) is 0 Å². The van der Waals surface area contributed by atoms with E-state index >= 15 is 0 Å². The quantitative estimate of drug-likeness (QED) is 0.678. The molecule has 2 aliphatic rings. The molecular formula is C10H18ClNO3. The summed E-state index contributed by atoms with van der Waals surface area (Å²) in [5, 5.41) is 12.6. The molecule has 2 bridgehead atoms. The molecule has 0 radical (unpaired) electrons. The molecule has 2 atom stereocenters. The van der Waals surface area contributed by atoms with Crippen LogP contribution in [0.4, 0.5) is 0 Å². The van der Waals surface area contributed by atoms with Crippen molar-refractivity contribution in [2.45, 2.75) is 19.3 Å². The van der Waals surface area contributed by atoms with Gasteiger partial charge in [0, 0.05) is 25.1 Å². The second-order valence-corrected chi connectivity index (χ2v) is 4.71. The predicted octanol–water partition coefficient (Wildman–Crippen LogP) is 0.333. The molecule has 0 aromatic carbocycles. The van der Waals surface area contributed by atoms with Crippen LogP contribution in [0.2, 0.25) is 0 Å². The van der Waals surface area contributed by atoms with Crippen molar-refractivity contribution in [2.24, 2.45) is 10.8 Å². The lowest BCUT2D eigenvalue weighted by Gasteiger charge is -2.37. The molecule has 2 N–H and O–H groups in total. The highest BCUT2D eigenvalue weighted by Gasteiger charge is 2.55. The number of carbonyl (C=O) groups excluding carboxylic acids is 1.